The molecular formula is C18H25NO3. The third-order valence-electron chi connectivity index (χ3n) is 4.39. The van der Waals surface area contributed by atoms with Crippen LogP contribution in [-0.4, -0.2) is 42.7 Å². The molecule has 2 rings (SSSR count). The molecule has 1 aliphatic carbocycles. The van der Waals surface area contributed by atoms with E-state index in [4.69, 9.17) is 4.74 Å². The van der Waals surface area contributed by atoms with Crippen molar-refractivity contribution < 1.29 is 14.6 Å². The monoisotopic (exact) mass is 303 g/mol. The van der Waals surface area contributed by atoms with Gasteiger partial charge >= 0.3 is 0 Å². The number of carbonyl (C=O) groups is 1. The number of carbonyl (C=O) groups excluding carboxylic acids is 1. The topological polar surface area (TPSA) is 49.8 Å². The SMILES string of the molecule is COc1ccc(/C(C)=C/C(=O)N(C)CC2CCCC2O)cc1. The summed E-state index contributed by atoms with van der Waals surface area (Å²) in [5.41, 5.74) is 1.93. The normalized spacial score (nSPS) is 21.7. The Balaban J connectivity index is 1.98. The van der Waals surface area contributed by atoms with Crippen molar-refractivity contribution in [1.82, 2.24) is 4.90 Å². The zero-order valence-electron chi connectivity index (χ0n) is 13.6. The molecule has 1 aliphatic rings. The van der Waals surface area contributed by atoms with Gasteiger partial charge in [-0.25, -0.2) is 0 Å². The first-order chi connectivity index (χ1) is 10.5. The summed E-state index contributed by atoms with van der Waals surface area (Å²) >= 11 is 0. The van der Waals surface area contributed by atoms with Gasteiger partial charge in [-0.3, -0.25) is 4.79 Å². The van der Waals surface area contributed by atoms with Crippen LogP contribution in [0.5, 0.6) is 5.75 Å². The van der Waals surface area contributed by atoms with Gasteiger partial charge in [0, 0.05) is 25.6 Å². The third kappa shape index (κ3) is 4.10. The number of aliphatic hydroxyl groups excluding tert-OH is 1. The molecule has 1 saturated carbocycles. The van der Waals surface area contributed by atoms with Gasteiger partial charge in [0.25, 0.3) is 0 Å². The molecule has 0 saturated heterocycles. The molecule has 0 heterocycles. The standard InChI is InChI=1S/C18H25NO3/c1-13(14-7-9-16(22-3)10-8-14)11-18(21)19(2)12-15-5-4-6-17(15)20/h7-11,15,17,20H,4-6,12H2,1-3H3/b13-11+. The van der Waals surface area contributed by atoms with Crippen molar-refractivity contribution in [2.75, 3.05) is 20.7 Å². The fourth-order valence-electron chi connectivity index (χ4n) is 2.90. The maximum atomic E-state index is 12.3. The van der Waals surface area contributed by atoms with Crippen LogP contribution in [0.1, 0.15) is 31.7 Å². The summed E-state index contributed by atoms with van der Waals surface area (Å²) in [6.45, 7) is 2.55. The van der Waals surface area contributed by atoms with Crippen molar-refractivity contribution in [1.29, 1.82) is 0 Å². The van der Waals surface area contributed by atoms with E-state index in [1.165, 1.54) is 0 Å². The number of amides is 1. The molecule has 0 aliphatic heterocycles. The molecule has 2 unspecified atom stereocenters. The zero-order valence-corrected chi connectivity index (χ0v) is 13.6. The summed E-state index contributed by atoms with van der Waals surface area (Å²) in [4.78, 5) is 14.0. The average Bonchev–Trinajstić information content (AvgIpc) is 2.92. The second kappa shape index (κ2) is 7.45. The van der Waals surface area contributed by atoms with E-state index in [2.05, 4.69) is 0 Å². The van der Waals surface area contributed by atoms with Gasteiger partial charge in [-0.2, -0.15) is 0 Å². The van der Waals surface area contributed by atoms with Crippen LogP contribution in [0.25, 0.3) is 5.57 Å². The molecule has 22 heavy (non-hydrogen) atoms. The second-order valence-corrected chi connectivity index (χ2v) is 6.03. The minimum absolute atomic E-state index is 0.0209. The number of likely N-dealkylation sites (N-methyl/N-ethyl adjacent to an activating group) is 1. The summed E-state index contributed by atoms with van der Waals surface area (Å²) in [6.07, 6.45) is 4.30. The predicted octanol–water partition coefficient (Wildman–Crippen LogP) is 2.72. The maximum Gasteiger partial charge on any atom is 0.246 e. The molecule has 0 aromatic heterocycles. The lowest BCUT2D eigenvalue weighted by Gasteiger charge is -2.22. The zero-order chi connectivity index (χ0) is 16.1. The Morgan fingerprint density at radius 1 is 1.36 bits per heavy atom. The van der Waals surface area contributed by atoms with E-state index >= 15 is 0 Å². The lowest BCUT2D eigenvalue weighted by Crippen LogP contribution is -2.33. The molecule has 120 valence electrons. The molecule has 0 bridgehead atoms. The molecular weight excluding hydrogens is 278 g/mol. The minimum Gasteiger partial charge on any atom is -0.497 e. The van der Waals surface area contributed by atoms with Crippen LogP contribution in [-0.2, 0) is 4.79 Å². The van der Waals surface area contributed by atoms with Crippen LogP contribution in [0, 0.1) is 5.92 Å². The van der Waals surface area contributed by atoms with Gasteiger partial charge in [0.2, 0.25) is 5.91 Å². The van der Waals surface area contributed by atoms with Gasteiger partial charge in [-0.05, 0) is 43.0 Å². The summed E-state index contributed by atoms with van der Waals surface area (Å²) in [5, 5.41) is 9.86. The second-order valence-electron chi connectivity index (χ2n) is 6.03. The van der Waals surface area contributed by atoms with Gasteiger partial charge in [0.1, 0.15) is 5.75 Å². The fraction of sp³-hybridized carbons (Fsp3) is 0.500. The predicted molar refractivity (Wildman–Crippen MR) is 87.6 cm³/mol. The highest BCUT2D eigenvalue weighted by atomic mass is 16.5. The highest BCUT2D eigenvalue weighted by molar-refractivity contribution is 5.94. The van der Waals surface area contributed by atoms with Crippen molar-refractivity contribution in [3.63, 3.8) is 0 Å². The lowest BCUT2D eigenvalue weighted by molar-refractivity contribution is -0.125. The number of nitrogens with zero attached hydrogens (tertiary/aromatic N) is 1. The first-order valence-electron chi connectivity index (χ1n) is 7.77. The van der Waals surface area contributed by atoms with Crippen LogP contribution in [0.2, 0.25) is 0 Å². The summed E-state index contributed by atoms with van der Waals surface area (Å²) in [7, 11) is 3.43. The van der Waals surface area contributed by atoms with E-state index in [0.29, 0.717) is 6.54 Å². The molecule has 1 aromatic carbocycles. The van der Waals surface area contributed by atoms with E-state index in [1.807, 2.05) is 31.2 Å². The van der Waals surface area contributed by atoms with Crippen LogP contribution in [0.4, 0.5) is 0 Å². The maximum absolute atomic E-state index is 12.3. The van der Waals surface area contributed by atoms with Gasteiger partial charge in [-0.15, -0.1) is 0 Å². The molecule has 1 aromatic rings. The Morgan fingerprint density at radius 2 is 2.05 bits per heavy atom. The van der Waals surface area contributed by atoms with Crippen molar-refractivity contribution in [3.05, 3.63) is 35.9 Å². The van der Waals surface area contributed by atoms with Gasteiger partial charge in [0.05, 0.1) is 13.2 Å². The lowest BCUT2D eigenvalue weighted by atomic mass is 10.0. The van der Waals surface area contributed by atoms with Gasteiger partial charge in [-0.1, -0.05) is 18.6 Å². The number of hydrogen-bond donors (Lipinski definition) is 1. The molecule has 2 atom stereocenters. The number of rotatable bonds is 5. The Labute approximate surface area is 132 Å². The van der Waals surface area contributed by atoms with Crippen LogP contribution in [0.15, 0.2) is 30.3 Å². The summed E-state index contributed by atoms with van der Waals surface area (Å²) in [5.74, 6) is 0.992. The number of allylic oxidation sites excluding steroid dienone is 1. The molecule has 4 nitrogen and oxygen atoms in total. The first kappa shape index (κ1) is 16.6. The van der Waals surface area contributed by atoms with Crippen LogP contribution >= 0.6 is 0 Å². The van der Waals surface area contributed by atoms with E-state index in [-0.39, 0.29) is 17.9 Å². The highest BCUT2D eigenvalue weighted by Gasteiger charge is 2.27. The van der Waals surface area contributed by atoms with E-state index < -0.39 is 0 Å². The molecule has 1 fully saturated rings. The van der Waals surface area contributed by atoms with E-state index in [1.54, 1.807) is 25.1 Å². The summed E-state index contributed by atoms with van der Waals surface area (Å²) < 4.78 is 5.13. The van der Waals surface area contributed by atoms with Crippen LogP contribution in [0.3, 0.4) is 0 Å². The fourth-order valence-corrected chi connectivity index (χ4v) is 2.90. The van der Waals surface area contributed by atoms with Crippen molar-refractivity contribution in [2.24, 2.45) is 5.92 Å². The minimum atomic E-state index is -0.262. The van der Waals surface area contributed by atoms with E-state index in [0.717, 1.165) is 36.1 Å². The molecule has 0 spiro atoms. The first-order valence-corrected chi connectivity index (χ1v) is 7.77. The summed E-state index contributed by atoms with van der Waals surface area (Å²) in [6, 6.07) is 7.66. The van der Waals surface area contributed by atoms with E-state index in [9.17, 15) is 9.90 Å². The molecule has 4 heteroatoms. The Hall–Kier alpha value is -1.81. The Bertz CT molecular complexity index is 536. The van der Waals surface area contributed by atoms with Crippen molar-refractivity contribution in [2.45, 2.75) is 32.3 Å². The quantitative estimate of drug-likeness (QED) is 0.851. The Kier molecular flexibility index (Phi) is 5.61. The molecule has 0 radical (unpaired) electrons. The third-order valence-corrected chi connectivity index (χ3v) is 4.39. The number of hydrogen-bond acceptors (Lipinski definition) is 3. The molecule has 1 N–H and O–H groups in total. The smallest absolute Gasteiger partial charge is 0.246 e. The highest BCUT2D eigenvalue weighted by Crippen LogP contribution is 2.26. The number of benzene rings is 1. The van der Waals surface area contributed by atoms with Gasteiger partial charge < -0.3 is 14.7 Å². The van der Waals surface area contributed by atoms with Crippen molar-refractivity contribution in [3.8, 4) is 5.75 Å². The number of aliphatic hydroxyl groups is 1. The number of ether oxygens (including phenoxy) is 1. The average molecular weight is 303 g/mol. The molecule has 1 amide bonds. The Morgan fingerprint density at radius 3 is 2.59 bits per heavy atom. The number of methoxy groups -OCH3 is 1. The van der Waals surface area contributed by atoms with Crippen molar-refractivity contribution >= 4 is 11.5 Å². The van der Waals surface area contributed by atoms with Crippen LogP contribution < -0.4 is 4.74 Å². The van der Waals surface area contributed by atoms with Gasteiger partial charge in [0.15, 0.2) is 0 Å². The largest absolute Gasteiger partial charge is 0.497 e.